The van der Waals surface area contributed by atoms with Gasteiger partial charge in [-0.3, -0.25) is 4.90 Å². The predicted molar refractivity (Wildman–Crippen MR) is 65.9 cm³/mol. The van der Waals surface area contributed by atoms with Crippen LogP contribution in [-0.2, 0) is 13.1 Å². The summed E-state index contributed by atoms with van der Waals surface area (Å²) in [5.74, 6) is 6.00. The highest BCUT2D eigenvalue weighted by molar-refractivity contribution is 5.35. The first-order valence-electron chi connectivity index (χ1n) is 5.39. The lowest BCUT2D eigenvalue weighted by molar-refractivity contribution is 0.318. The molecule has 90 valence electrons. The SMILES string of the molecule is CN(Cc1ccoc1)Cc1ccnc(NN)c1. The van der Waals surface area contributed by atoms with E-state index in [1.807, 2.05) is 18.2 Å². The lowest BCUT2D eigenvalue weighted by Crippen LogP contribution is -2.17. The highest BCUT2D eigenvalue weighted by Gasteiger charge is 2.03. The van der Waals surface area contributed by atoms with Crippen LogP contribution in [0, 0.1) is 0 Å². The number of hydrazine groups is 1. The molecule has 2 rings (SSSR count). The maximum Gasteiger partial charge on any atom is 0.140 e. The van der Waals surface area contributed by atoms with E-state index in [2.05, 4.69) is 22.4 Å². The van der Waals surface area contributed by atoms with Gasteiger partial charge in [0.25, 0.3) is 0 Å². The van der Waals surface area contributed by atoms with Gasteiger partial charge in [-0.1, -0.05) is 0 Å². The minimum Gasteiger partial charge on any atom is -0.472 e. The number of nitrogens with two attached hydrogens (primary N) is 1. The lowest BCUT2D eigenvalue weighted by Gasteiger charge is -2.15. The Morgan fingerprint density at radius 2 is 2.18 bits per heavy atom. The zero-order valence-corrected chi connectivity index (χ0v) is 9.76. The topological polar surface area (TPSA) is 67.3 Å². The Bertz CT molecular complexity index is 455. The summed E-state index contributed by atoms with van der Waals surface area (Å²) in [5.41, 5.74) is 4.87. The lowest BCUT2D eigenvalue weighted by atomic mass is 10.2. The van der Waals surface area contributed by atoms with Gasteiger partial charge >= 0.3 is 0 Å². The number of furan rings is 1. The first-order chi connectivity index (χ1) is 8.28. The Labute approximate surface area is 100 Å². The minimum absolute atomic E-state index is 0.680. The number of nitrogen functional groups attached to an aromatic ring is 1. The van der Waals surface area contributed by atoms with Crippen LogP contribution in [-0.4, -0.2) is 16.9 Å². The number of rotatable bonds is 5. The van der Waals surface area contributed by atoms with Crippen molar-refractivity contribution >= 4 is 5.82 Å². The van der Waals surface area contributed by atoms with E-state index < -0.39 is 0 Å². The smallest absolute Gasteiger partial charge is 0.140 e. The molecule has 2 aromatic heterocycles. The maximum absolute atomic E-state index is 5.32. The third kappa shape index (κ3) is 3.30. The molecule has 0 atom stereocenters. The third-order valence-electron chi connectivity index (χ3n) is 2.46. The van der Waals surface area contributed by atoms with Gasteiger partial charge in [-0.25, -0.2) is 10.8 Å². The van der Waals surface area contributed by atoms with E-state index >= 15 is 0 Å². The van der Waals surface area contributed by atoms with Gasteiger partial charge in [0, 0.05) is 24.8 Å². The van der Waals surface area contributed by atoms with Crippen molar-refractivity contribution in [3.8, 4) is 0 Å². The molecule has 3 N–H and O–H groups in total. The molecule has 0 unspecified atom stereocenters. The molecule has 0 saturated carbocycles. The average Bonchev–Trinajstić information content (AvgIpc) is 2.82. The van der Waals surface area contributed by atoms with Crippen LogP contribution < -0.4 is 11.3 Å². The van der Waals surface area contributed by atoms with Gasteiger partial charge in [-0.15, -0.1) is 0 Å². The Balaban J connectivity index is 1.95. The largest absolute Gasteiger partial charge is 0.472 e. The van der Waals surface area contributed by atoms with Gasteiger partial charge in [0.15, 0.2) is 0 Å². The molecule has 5 nitrogen and oxygen atoms in total. The summed E-state index contributed by atoms with van der Waals surface area (Å²) >= 11 is 0. The fourth-order valence-electron chi connectivity index (χ4n) is 1.71. The van der Waals surface area contributed by atoms with E-state index in [1.165, 1.54) is 11.1 Å². The molecule has 0 spiro atoms. The minimum atomic E-state index is 0.680. The fraction of sp³-hybridized carbons (Fsp3) is 0.250. The van der Waals surface area contributed by atoms with Crippen LogP contribution in [0.25, 0.3) is 0 Å². The summed E-state index contributed by atoms with van der Waals surface area (Å²) in [6, 6.07) is 5.88. The Morgan fingerprint density at radius 1 is 1.35 bits per heavy atom. The van der Waals surface area contributed by atoms with Crippen molar-refractivity contribution < 1.29 is 4.42 Å². The average molecular weight is 232 g/mol. The number of nitrogens with zero attached hydrogens (tertiary/aromatic N) is 2. The third-order valence-corrected chi connectivity index (χ3v) is 2.46. The zero-order chi connectivity index (χ0) is 12.1. The van der Waals surface area contributed by atoms with Crippen LogP contribution in [0.2, 0.25) is 0 Å². The molecular weight excluding hydrogens is 216 g/mol. The number of hydrogen-bond donors (Lipinski definition) is 2. The summed E-state index contributed by atoms with van der Waals surface area (Å²) in [6.45, 7) is 1.69. The van der Waals surface area contributed by atoms with Crippen LogP contribution in [0.5, 0.6) is 0 Å². The van der Waals surface area contributed by atoms with E-state index in [1.54, 1.807) is 18.7 Å². The molecule has 0 fully saturated rings. The molecule has 2 heterocycles. The molecule has 0 amide bonds. The molecule has 0 radical (unpaired) electrons. The van der Waals surface area contributed by atoms with Crippen LogP contribution in [0.4, 0.5) is 5.82 Å². The van der Waals surface area contributed by atoms with Gasteiger partial charge in [0.2, 0.25) is 0 Å². The summed E-state index contributed by atoms with van der Waals surface area (Å²) in [4.78, 5) is 6.27. The van der Waals surface area contributed by atoms with E-state index in [0.717, 1.165) is 13.1 Å². The first-order valence-corrected chi connectivity index (χ1v) is 5.39. The van der Waals surface area contributed by atoms with Crippen molar-refractivity contribution in [1.82, 2.24) is 9.88 Å². The fourth-order valence-corrected chi connectivity index (χ4v) is 1.71. The quantitative estimate of drug-likeness (QED) is 0.605. The molecular formula is C12H16N4O. The number of anilines is 1. The van der Waals surface area contributed by atoms with Crippen molar-refractivity contribution in [3.05, 3.63) is 48.0 Å². The molecule has 0 aliphatic heterocycles. The first kappa shape index (κ1) is 11.6. The zero-order valence-electron chi connectivity index (χ0n) is 9.76. The Hall–Kier alpha value is -1.85. The summed E-state index contributed by atoms with van der Waals surface area (Å²) in [7, 11) is 2.06. The molecule has 0 bridgehead atoms. The Morgan fingerprint density at radius 3 is 2.88 bits per heavy atom. The normalized spacial score (nSPS) is 10.8. The number of pyridine rings is 1. The predicted octanol–water partition coefficient (Wildman–Crippen LogP) is 1.59. The molecule has 0 aromatic carbocycles. The van der Waals surface area contributed by atoms with Gasteiger partial charge in [-0.05, 0) is 30.8 Å². The monoisotopic (exact) mass is 232 g/mol. The van der Waals surface area contributed by atoms with Crippen molar-refractivity contribution in [1.29, 1.82) is 0 Å². The van der Waals surface area contributed by atoms with Crippen molar-refractivity contribution in [2.24, 2.45) is 5.84 Å². The summed E-state index contributed by atoms with van der Waals surface area (Å²) in [6.07, 6.45) is 5.19. The number of hydrogen-bond acceptors (Lipinski definition) is 5. The molecule has 2 aromatic rings. The van der Waals surface area contributed by atoms with Gasteiger partial charge < -0.3 is 9.84 Å². The molecule has 0 aliphatic carbocycles. The summed E-state index contributed by atoms with van der Waals surface area (Å²) < 4.78 is 5.04. The van der Waals surface area contributed by atoms with Crippen molar-refractivity contribution in [3.63, 3.8) is 0 Å². The van der Waals surface area contributed by atoms with Crippen LogP contribution in [0.1, 0.15) is 11.1 Å². The Kier molecular flexibility index (Phi) is 3.74. The van der Waals surface area contributed by atoms with Crippen LogP contribution in [0.15, 0.2) is 41.3 Å². The van der Waals surface area contributed by atoms with E-state index in [4.69, 9.17) is 10.3 Å². The second-order valence-electron chi connectivity index (χ2n) is 4.00. The van der Waals surface area contributed by atoms with Gasteiger partial charge in [-0.2, -0.15) is 0 Å². The molecule has 0 saturated heterocycles. The van der Waals surface area contributed by atoms with E-state index in [9.17, 15) is 0 Å². The second-order valence-corrected chi connectivity index (χ2v) is 4.00. The highest BCUT2D eigenvalue weighted by Crippen LogP contribution is 2.10. The molecule has 17 heavy (non-hydrogen) atoms. The van der Waals surface area contributed by atoms with Gasteiger partial charge in [0.05, 0.1) is 12.5 Å². The van der Waals surface area contributed by atoms with Crippen LogP contribution in [0.3, 0.4) is 0 Å². The van der Waals surface area contributed by atoms with Gasteiger partial charge in [0.1, 0.15) is 5.82 Å². The second kappa shape index (κ2) is 5.47. The van der Waals surface area contributed by atoms with E-state index in [0.29, 0.717) is 5.82 Å². The number of aromatic nitrogens is 1. The van der Waals surface area contributed by atoms with Crippen molar-refractivity contribution in [2.75, 3.05) is 12.5 Å². The number of nitrogens with one attached hydrogen (secondary N) is 1. The molecule has 0 aliphatic rings. The standard InChI is InChI=1S/C12H16N4O/c1-16(8-11-3-5-17-9-11)7-10-2-4-14-12(6-10)15-13/h2-6,9H,7-8,13H2,1H3,(H,14,15). The van der Waals surface area contributed by atoms with Crippen molar-refractivity contribution in [2.45, 2.75) is 13.1 Å². The van der Waals surface area contributed by atoms with E-state index in [-0.39, 0.29) is 0 Å². The highest BCUT2D eigenvalue weighted by atomic mass is 16.3. The summed E-state index contributed by atoms with van der Waals surface area (Å²) in [5, 5.41) is 0. The maximum atomic E-state index is 5.32. The molecule has 5 heteroatoms. The van der Waals surface area contributed by atoms with Crippen LogP contribution >= 0.6 is 0 Å².